The summed E-state index contributed by atoms with van der Waals surface area (Å²) in [5.74, 6) is -0.185. The lowest BCUT2D eigenvalue weighted by Crippen LogP contribution is -2.12. The molecule has 0 aliphatic carbocycles. The number of hydrogen-bond acceptors (Lipinski definition) is 2. The third-order valence-electron chi connectivity index (χ3n) is 2.96. The average Bonchev–Trinajstić information content (AvgIpc) is 2.81. The fourth-order valence-electron chi connectivity index (χ4n) is 2.03. The van der Waals surface area contributed by atoms with E-state index in [2.05, 4.69) is 10.3 Å². The minimum atomic E-state index is -0.185. The van der Waals surface area contributed by atoms with Crippen LogP contribution in [0.2, 0.25) is 5.02 Å². The average molecular weight is 286 g/mol. The molecule has 1 aromatic carbocycles. The molecule has 100 valence electrons. The lowest BCUT2D eigenvalue weighted by atomic mass is 10.2. The number of aromatic nitrogens is 2. The lowest BCUT2D eigenvalue weighted by Gasteiger charge is -2.06. The summed E-state index contributed by atoms with van der Waals surface area (Å²) < 4.78 is 1.88. The van der Waals surface area contributed by atoms with Crippen LogP contribution in [0.3, 0.4) is 0 Å². The molecule has 0 saturated carbocycles. The summed E-state index contributed by atoms with van der Waals surface area (Å²) in [6.07, 6.45) is 3.81. The Morgan fingerprint density at radius 2 is 2.00 bits per heavy atom. The van der Waals surface area contributed by atoms with Gasteiger partial charge in [-0.3, -0.25) is 4.79 Å². The van der Waals surface area contributed by atoms with E-state index in [-0.39, 0.29) is 5.91 Å². The number of anilines is 1. The van der Waals surface area contributed by atoms with Gasteiger partial charge in [0.15, 0.2) is 5.65 Å². The maximum absolute atomic E-state index is 12.2. The van der Waals surface area contributed by atoms with Crippen molar-refractivity contribution in [1.82, 2.24) is 9.38 Å². The number of hydrogen-bond donors (Lipinski definition) is 1. The van der Waals surface area contributed by atoms with E-state index >= 15 is 0 Å². The summed E-state index contributed by atoms with van der Waals surface area (Å²) in [4.78, 5) is 16.6. The number of carbonyl (C=O) groups is 1. The molecule has 3 rings (SSSR count). The number of rotatable bonds is 2. The largest absolute Gasteiger partial charge is 0.319 e. The van der Waals surface area contributed by atoms with Crippen LogP contribution >= 0.6 is 11.6 Å². The maximum atomic E-state index is 12.2. The van der Waals surface area contributed by atoms with E-state index in [1.165, 1.54) is 0 Å². The Labute approximate surface area is 121 Å². The van der Waals surface area contributed by atoms with Gasteiger partial charge in [-0.05, 0) is 43.3 Å². The SMILES string of the molecule is Cc1cn2cccc(NC(=O)c3ccc(Cl)cc3)c2n1. The van der Waals surface area contributed by atoms with Crippen molar-refractivity contribution < 1.29 is 4.79 Å². The van der Waals surface area contributed by atoms with Crippen molar-refractivity contribution in [2.24, 2.45) is 0 Å². The van der Waals surface area contributed by atoms with E-state index in [1.807, 2.05) is 35.9 Å². The van der Waals surface area contributed by atoms with E-state index in [0.717, 1.165) is 11.3 Å². The fraction of sp³-hybridized carbons (Fsp3) is 0.0667. The minimum Gasteiger partial charge on any atom is -0.319 e. The first-order valence-corrected chi connectivity index (χ1v) is 6.52. The molecule has 0 unspecified atom stereocenters. The highest BCUT2D eigenvalue weighted by atomic mass is 35.5. The number of benzene rings is 1. The number of halogens is 1. The predicted octanol–water partition coefficient (Wildman–Crippen LogP) is 3.55. The van der Waals surface area contributed by atoms with Crippen LogP contribution in [0.1, 0.15) is 16.1 Å². The number of fused-ring (bicyclic) bond motifs is 1. The molecule has 20 heavy (non-hydrogen) atoms. The second-order valence-corrected chi connectivity index (χ2v) is 4.93. The molecule has 2 heterocycles. The number of carbonyl (C=O) groups excluding carboxylic acids is 1. The molecule has 0 spiro atoms. The molecular formula is C15H12ClN3O. The maximum Gasteiger partial charge on any atom is 0.255 e. The van der Waals surface area contributed by atoms with Gasteiger partial charge in [0, 0.05) is 23.0 Å². The summed E-state index contributed by atoms with van der Waals surface area (Å²) in [7, 11) is 0. The van der Waals surface area contributed by atoms with E-state index < -0.39 is 0 Å². The molecule has 0 aliphatic heterocycles. The number of aryl methyl sites for hydroxylation is 1. The zero-order valence-corrected chi connectivity index (χ0v) is 11.6. The summed E-state index contributed by atoms with van der Waals surface area (Å²) in [5.41, 5.74) is 2.87. The molecule has 0 saturated heterocycles. The highest BCUT2D eigenvalue weighted by molar-refractivity contribution is 6.30. The molecule has 1 amide bonds. The zero-order valence-electron chi connectivity index (χ0n) is 10.8. The standard InChI is InChI=1S/C15H12ClN3O/c1-10-9-19-8-2-3-13(14(19)17-10)18-15(20)11-4-6-12(16)7-5-11/h2-9H,1H3,(H,18,20). The van der Waals surface area contributed by atoms with Crippen LogP contribution in [0.5, 0.6) is 0 Å². The Morgan fingerprint density at radius 3 is 2.75 bits per heavy atom. The van der Waals surface area contributed by atoms with Gasteiger partial charge in [-0.25, -0.2) is 4.98 Å². The Kier molecular flexibility index (Phi) is 3.16. The molecule has 0 atom stereocenters. The summed E-state index contributed by atoms with van der Waals surface area (Å²) >= 11 is 5.81. The van der Waals surface area contributed by atoms with Crippen LogP contribution in [0.15, 0.2) is 48.8 Å². The van der Waals surface area contributed by atoms with Crippen LogP contribution in [0.25, 0.3) is 5.65 Å². The monoisotopic (exact) mass is 285 g/mol. The second kappa shape index (κ2) is 4.98. The molecule has 0 aliphatic rings. The molecule has 0 bridgehead atoms. The molecule has 1 N–H and O–H groups in total. The highest BCUT2D eigenvalue weighted by Crippen LogP contribution is 2.18. The molecule has 4 nitrogen and oxygen atoms in total. The van der Waals surface area contributed by atoms with Gasteiger partial charge in [-0.15, -0.1) is 0 Å². The number of amides is 1. The van der Waals surface area contributed by atoms with Crippen molar-refractivity contribution >= 4 is 28.8 Å². The smallest absolute Gasteiger partial charge is 0.255 e. The molecular weight excluding hydrogens is 274 g/mol. The van der Waals surface area contributed by atoms with Gasteiger partial charge in [0.2, 0.25) is 0 Å². The first-order chi connectivity index (χ1) is 9.63. The highest BCUT2D eigenvalue weighted by Gasteiger charge is 2.09. The van der Waals surface area contributed by atoms with Crippen molar-refractivity contribution in [3.8, 4) is 0 Å². The third-order valence-corrected chi connectivity index (χ3v) is 3.21. The summed E-state index contributed by atoms with van der Waals surface area (Å²) in [6.45, 7) is 1.91. The van der Waals surface area contributed by atoms with Gasteiger partial charge < -0.3 is 9.72 Å². The van der Waals surface area contributed by atoms with Crippen LogP contribution in [-0.2, 0) is 0 Å². The third kappa shape index (κ3) is 2.38. The Morgan fingerprint density at radius 1 is 1.25 bits per heavy atom. The van der Waals surface area contributed by atoms with Crippen molar-refractivity contribution in [2.45, 2.75) is 6.92 Å². The van der Waals surface area contributed by atoms with Gasteiger partial charge in [-0.2, -0.15) is 0 Å². The van der Waals surface area contributed by atoms with Crippen LogP contribution in [0, 0.1) is 6.92 Å². The number of imidazole rings is 1. The number of nitrogens with one attached hydrogen (secondary N) is 1. The van der Waals surface area contributed by atoms with Gasteiger partial charge in [-0.1, -0.05) is 11.6 Å². The zero-order chi connectivity index (χ0) is 14.1. The molecule has 0 radical (unpaired) electrons. The van der Waals surface area contributed by atoms with Crippen LogP contribution in [0.4, 0.5) is 5.69 Å². The van der Waals surface area contributed by atoms with Crippen LogP contribution < -0.4 is 5.32 Å². The minimum absolute atomic E-state index is 0.185. The predicted molar refractivity (Wildman–Crippen MR) is 79.3 cm³/mol. The Bertz CT molecular complexity index is 777. The van der Waals surface area contributed by atoms with E-state index in [1.54, 1.807) is 24.3 Å². The topological polar surface area (TPSA) is 46.4 Å². The molecule has 2 aromatic heterocycles. The van der Waals surface area contributed by atoms with Gasteiger partial charge in [0.05, 0.1) is 11.4 Å². The van der Waals surface area contributed by atoms with Crippen molar-refractivity contribution in [3.63, 3.8) is 0 Å². The van der Waals surface area contributed by atoms with Gasteiger partial charge >= 0.3 is 0 Å². The van der Waals surface area contributed by atoms with Crippen molar-refractivity contribution in [2.75, 3.05) is 5.32 Å². The fourth-order valence-corrected chi connectivity index (χ4v) is 2.15. The number of pyridine rings is 1. The summed E-state index contributed by atoms with van der Waals surface area (Å²) in [5, 5.41) is 3.47. The Hall–Kier alpha value is -2.33. The second-order valence-electron chi connectivity index (χ2n) is 4.50. The van der Waals surface area contributed by atoms with Gasteiger partial charge in [0.25, 0.3) is 5.91 Å². The van der Waals surface area contributed by atoms with Crippen molar-refractivity contribution in [3.05, 3.63) is 65.1 Å². The quantitative estimate of drug-likeness (QED) is 0.783. The molecule has 3 aromatic rings. The first kappa shape index (κ1) is 12.7. The lowest BCUT2D eigenvalue weighted by molar-refractivity contribution is 0.102. The molecule has 0 fully saturated rings. The van der Waals surface area contributed by atoms with Crippen LogP contribution in [-0.4, -0.2) is 15.3 Å². The van der Waals surface area contributed by atoms with E-state index in [9.17, 15) is 4.79 Å². The van der Waals surface area contributed by atoms with Crippen molar-refractivity contribution in [1.29, 1.82) is 0 Å². The summed E-state index contributed by atoms with van der Waals surface area (Å²) in [6, 6.07) is 10.5. The van der Waals surface area contributed by atoms with E-state index in [4.69, 9.17) is 11.6 Å². The first-order valence-electron chi connectivity index (χ1n) is 6.15. The molecule has 5 heteroatoms. The number of nitrogens with zero attached hydrogens (tertiary/aromatic N) is 2. The Balaban J connectivity index is 1.93. The normalized spacial score (nSPS) is 10.7. The van der Waals surface area contributed by atoms with Gasteiger partial charge in [0.1, 0.15) is 0 Å². The van der Waals surface area contributed by atoms with E-state index in [0.29, 0.717) is 16.3 Å².